The molecule has 0 bridgehead atoms. The monoisotopic (exact) mass is 335 g/mol. The van der Waals surface area contributed by atoms with Crippen LogP contribution >= 0.6 is 0 Å². The van der Waals surface area contributed by atoms with Gasteiger partial charge in [-0.1, -0.05) is 18.1 Å². The van der Waals surface area contributed by atoms with Gasteiger partial charge in [-0.25, -0.2) is 9.07 Å². The molecule has 0 aliphatic heterocycles. The molecule has 7 heteroatoms. The number of rotatable bonds is 5. The lowest BCUT2D eigenvalue weighted by atomic mass is 10.1. The molecule has 1 aromatic heterocycles. The average molecular weight is 335 g/mol. The Hall–Kier alpha value is -3.53. The van der Waals surface area contributed by atoms with Gasteiger partial charge in [-0.2, -0.15) is 0 Å². The van der Waals surface area contributed by atoms with E-state index < -0.39 is 0 Å². The summed E-state index contributed by atoms with van der Waals surface area (Å²) in [5.74, 6) is 1.96. The molecule has 0 N–H and O–H groups in total. The Kier molecular flexibility index (Phi) is 4.81. The second-order valence-corrected chi connectivity index (χ2v) is 5.29. The molecule has 3 rings (SSSR count). The molecule has 6 nitrogen and oxygen atoms in total. The van der Waals surface area contributed by atoms with Crippen LogP contribution in [0.5, 0.6) is 0 Å². The van der Waals surface area contributed by atoms with Gasteiger partial charge in [-0.3, -0.25) is 4.79 Å². The Labute approximate surface area is 143 Å². The van der Waals surface area contributed by atoms with E-state index in [2.05, 4.69) is 21.4 Å². The molecule has 0 unspecified atom stereocenters. The third-order valence-electron chi connectivity index (χ3n) is 3.58. The lowest BCUT2D eigenvalue weighted by molar-refractivity contribution is 0.0766. The van der Waals surface area contributed by atoms with Gasteiger partial charge >= 0.3 is 0 Å². The second-order valence-electron chi connectivity index (χ2n) is 5.29. The standard InChI is InChI=1S/C18H14FN5O/c1-2-11-23(12-14-3-7-16(19)8-4-14)18(25)15-5-9-17(10-6-15)24-13-20-21-22-24/h1,3-10,13H,11-12H2. The topological polar surface area (TPSA) is 63.9 Å². The van der Waals surface area contributed by atoms with Crippen molar-refractivity contribution in [1.29, 1.82) is 0 Å². The van der Waals surface area contributed by atoms with Crippen molar-refractivity contribution in [1.82, 2.24) is 25.1 Å². The summed E-state index contributed by atoms with van der Waals surface area (Å²) in [7, 11) is 0. The van der Waals surface area contributed by atoms with E-state index in [1.54, 1.807) is 36.4 Å². The summed E-state index contributed by atoms with van der Waals surface area (Å²) in [6.07, 6.45) is 6.85. The average Bonchev–Trinajstić information content (AvgIpc) is 3.17. The highest BCUT2D eigenvalue weighted by molar-refractivity contribution is 5.94. The van der Waals surface area contributed by atoms with Gasteiger partial charge in [0.25, 0.3) is 5.91 Å². The summed E-state index contributed by atoms with van der Waals surface area (Å²) in [5, 5.41) is 10.9. The molecule has 0 aliphatic carbocycles. The zero-order chi connectivity index (χ0) is 17.6. The molecule has 3 aromatic rings. The molecular formula is C18H14FN5O. The Morgan fingerprint density at radius 2 is 1.88 bits per heavy atom. The van der Waals surface area contributed by atoms with E-state index in [-0.39, 0.29) is 18.3 Å². The van der Waals surface area contributed by atoms with Crippen LogP contribution in [0.4, 0.5) is 4.39 Å². The SMILES string of the molecule is C#CCN(Cc1ccc(F)cc1)C(=O)c1ccc(-n2cnnn2)cc1. The van der Waals surface area contributed by atoms with Crippen LogP contribution < -0.4 is 0 Å². The minimum atomic E-state index is -0.322. The molecule has 0 saturated carbocycles. The van der Waals surface area contributed by atoms with E-state index in [9.17, 15) is 9.18 Å². The lowest BCUT2D eigenvalue weighted by Gasteiger charge is -2.20. The zero-order valence-corrected chi connectivity index (χ0v) is 13.2. The largest absolute Gasteiger partial charge is 0.323 e. The van der Waals surface area contributed by atoms with Crippen molar-refractivity contribution < 1.29 is 9.18 Å². The van der Waals surface area contributed by atoms with Gasteiger partial charge in [0.2, 0.25) is 0 Å². The normalized spacial score (nSPS) is 10.2. The van der Waals surface area contributed by atoms with Gasteiger partial charge in [0, 0.05) is 12.1 Å². The fourth-order valence-corrected chi connectivity index (χ4v) is 2.34. The van der Waals surface area contributed by atoms with Crippen LogP contribution in [0, 0.1) is 18.2 Å². The van der Waals surface area contributed by atoms with E-state index in [0.29, 0.717) is 12.1 Å². The van der Waals surface area contributed by atoms with Gasteiger partial charge in [0.1, 0.15) is 12.1 Å². The number of carbonyl (C=O) groups is 1. The smallest absolute Gasteiger partial charge is 0.254 e. The molecule has 0 fully saturated rings. The molecule has 2 aromatic carbocycles. The maximum Gasteiger partial charge on any atom is 0.254 e. The molecule has 0 radical (unpaired) electrons. The van der Waals surface area contributed by atoms with Crippen molar-refractivity contribution in [3.8, 4) is 18.0 Å². The molecule has 124 valence electrons. The minimum absolute atomic E-state index is 0.158. The van der Waals surface area contributed by atoms with Crippen molar-refractivity contribution in [2.45, 2.75) is 6.54 Å². The Bertz CT molecular complexity index is 883. The first-order valence-electron chi connectivity index (χ1n) is 7.48. The number of hydrogen-bond donors (Lipinski definition) is 0. The lowest BCUT2D eigenvalue weighted by Crippen LogP contribution is -2.31. The third kappa shape index (κ3) is 3.87. The van der Waals surface area contributed by atoms with Crippen molar-refractivity contribution in [2.24, 2.45) is 0 Å². The van der Waals surface area contributed by atoms with Crippen molar-refractivity contribution in [3.63, 3.8) is 0 Å². The molecule has 0 aliphatic rings. The maximum absolute atomic E-state index is 13.0. The number of aromatic nitrogens is 4. The van der Waals surface area contributed by atoms with Gasteiger partial charge in [-0.15, -0.1) is 11.5 Å². The number of hydrogen-bond acceptors (Lipinski definition) is 4. The number of amides is 1. The first kappa shape index (κ1) is 16.3. The number of benzene rings is 2. The Balaban J connectivity index is 1.78. The fourth-order valence-electron chi connectivity index (χ4n) is 2.34. The van der Waals surface area contributed by atoms with Crippen LogP contribution in [0.25, 0.3) is 5.69 Å². The minimum Gasteiger partial charge on any atom is -0.323 e. The summed E-state index contributed by atoms with van der Waals surface area (Å²) in [6.45, 7) is 0.461. The third-order valence-corrected chi connectivity index (χ3v) is 3.58. The Morgan fingerprint density at radius 3 is 2.48 bits per heavy atom. The van der Waals surface area contributed by atoms with Crippen molar-refractivity contribution >= 4 is 5.91 Å². The summed E-state index contributed by atoms with van der Waals surface area (Å²) in [5.41, 5.74) is 2.04. The summed E-state index contributed by atoms with van der Waals surface area (Å²) < 4.78 is 14.5. The quantitative estimate of drug-likeness (QED) is 0.670. The molecule has 1 amide bonds. The summed E-state index contributed by atoms with van der Waals surface area (Å²) >= 11 is 0. The van der Waals surface area contributed by atoms with Crippen LogP contribution in [0.15, 0.2) is 54.9 Å². The highest BCUT2D eigenvalue weighted by Crippen LogP contribution is 2.13. The number of halogens is 1. The highest BCUT2D eigenvalue weighted by Gasteiger charge is 2.15. The number of nitrogens with zero attached hydrogens (tertiary/aromatic N) is 5. The van der Waals surface area contributed by atoms with Crippen LogP contribution in [0.3, 0.4) is 0 Å². The van der Waals surface area contributed by atoms with E-state index in [4.69, 9.17) is 6.42 Å². The second kappa shape index (κ2) is 7.36. The van der Waals surface area contributed by atoms with Crippen LogP contribution in [0.2, 0.25) is 0 Å². The van der Waals surface area contributed by atoms with Crippen LogP contribution in [-0.4, -0.2) is 37.6 Å². The first-order chi connectivity index (χ1) is 12.2. The number of terminal acetylenes is 1. The predicted molar refractivity (Wildman–Crippen MR) is 89.1 cm³/mol. The Morgan fingerprint density at radius 1 is 1.16 bits per heavy atom. The summed E-state index contributed by atoms with van der Waals surface area (Å²) in [4.78, 5) is 14.2. The van der Waals surface area contributed by atoms with E-state index >= 15 is 0 Å². The van der Waals surface area contributed by atoms with E-state index in [1.165, 1.54) is 28.0 Å². The fraction of sp³-hybridized carbons (Fsp3) is 0.111. The van der Waals surface area contributed by atoms with Crippen molar-refractivity contribution in [3.05, 3.63) is 71.8 Å². The van der Waals surface area contributed by atoms with Crippen molar-refractivity contribution in [2.75, 3.05) is 6.54 Å². The first-order valence-corrected chi connectivity index (χ1v) is 7.48. The van der Waals surface area contributed by atoms with Gasteiger partial charge in [0.15, 0.2) is 0 Å². The van der Waals surface area contributed by atoms with Gasteiger partial charge < -0.3 is 4.90 Å². The molecule has 0 atom stereocenters. The molecule has 0 spiro atoms. The maximum atomic E-state index is 13.0. The van der Waals surface area contributed by atoms with E-state index in [0.717, 1.165) is 11.3 Å². The molecule has 25 heavy (non-hydrogen) atoms. The summed E-state index contributed by atoms with van der Waals surface area (Å²) in [6, 6.07) is 12.8. The van der Waals surface area contributed by atoms with Crippen LogP contribution in [-0.2, 0) is 6.54 Å². The van der Waals surface area contributed by atoms with E-state index in [1.807, 2.05) is 0 Å². The highest BCUT2D eigenvalue weighted by atomic mass is 19.1. The molecule has 1 heterocycles. The van der Waals surface area contributed by atoms with Gasteiger partial charge in [-0.05, 0) is 52.4 Å². The van der Waals surface area contributed by atoms with Gasteiger partial charge in [0.05, 0.1) is 12.2 Å². The molecular weight excluding hydrogens is 321 g/mol. The predicted octanol–water partition coefficient (Wildman–Crippen LogP) is 2.08. The number of carbonyl (C=O) groups excluding carboxylic acids is 1. The van der Waals surface area contributed by atoms with Crippen LogP contribution in [0.1, 0.15) is 15.9 Å². The zero-order valence-electron chi connectivity index (χ0n) is 13.2. The number of tetrazole rings is 1. The molecule has 0 saturated heterocycles.